The van der Waals surface area contributed by atoms with E-state index in [0.29, 0.717) is 49.9 Å². The summed E-state index contributed by atoms with van der Waals surface area (Å²) < 4.78 is 11.2. The topological polar surface area (TPSA) is 62.2 Å². The van der Waals surface area contributed by atoms with Gasteiger partial charge >= 0.3 is 0 Å². The Labute approximate surface area is 130 Å². The molecule has 1 saturated heterocycles. The molecule has 3 rings (SSSR count). The summed E-state index contributed by atoms with van der Waals surface area (Å²) in [5, 5.41) is 8.96. The molecule has 2 heterocycles. The van der Waals surface area contributed by atoms with Crippen molar-refractivity contribution in [3.63, 3.8) is 0 Å². The third kappa shape index (κ3) is 3.34. The Kier molecular flexibility index (Phi) is 4.80. The third-order valence-corrected chi connectivity index (χ3v) is 4.07. The molecule has 6 heteroatoms. The van der Waals surface area contributed by atoms with Crippen molar-refractivity contribution in [3.05, 3.63) is 23.8 Å². The molecule has 0 aromatic heterocycles. The van der Waals surface area contributed by atoms with Gasteiger partial charge in [0.25, 0.3) is 5.91 Å². The Bertz CT molecular complexity index is 527. The summed E-state index contributed by atoms with van der Waals surface area (Å²) in [5.74, 6) is 1.39. The summed E-state index contributed by atoms with van der Waals surface area (Å²) in [5.41, 5.74) is 0.639. The molecule has 2 aliphatic heterocycles. The number of hydrogen-bond acceptors (Lipinski definition) is 5. The number of rotatable bonds is 3. The van der Waals surface area contributed by atoms with Crippen LogP contribution < -0.4 is 9.47 Å². The van der Waals surface area contributed by atoms with Gasteiger partial charge in [-0.3, -0.25) is 9.69 Å². The molecule has 1 fully saturated rings. The molecular weight excluding hydrogens is 284 g/mol. The first-order chi connectivity index (χ1) is 10.8. The lowest BCUT2D eigenvalue weighted by Crippen LogP contribution is -2.49. The van der Waals surface area contributed by atoms with Crippen molar-refractivity contribution >= 4 is 5.91 Å². The first-order valence-electron chi connectivity index (χ1n) is 7.80. The Morgan fingerprint density at radius 1 is 1.09 bits per heavy atom. The van der Waals surface area contributed by atoms with E-state index in [-0.39, 0.29) is 12.5 Å². The van der Waals surface area contributed by atoms with E-state index in [9.17, 15) is 4.79 Å². The molecule has 1 aromatic carbocycles. The van der Waals surface area contributed by atoms with Gasteiger partial charge in [-0.15, -0.1) is 0 Å². The smallest absolute Gasteiger partial charge is 0.254 e. The standard InChI is InChI=1S/C16H22N2O4/c19-9-8-17-4-6-18(7-5-17)16(20)13-2-3-14-15(12-13)22-11-1-10-21-14/h2-3,12,19H,1,4-11H2. The molecule has 1 N–H and O–H groups in total. The fraction of sp³-hybridized carbons (Fsp3) is 0.562. The number of carbonyl (C=O) groups excluding carboxylic acids is 1. The first-order valence-corrected chi connectivity index (χ1v) is 7.80. The molecule has 0 bridgehead atoms. The quantitative estimate of drug-likeness (QED) is 0.886. The van der Waals surface area contributed by atoms with E-state index in [0.717, 1.165) is 19.5 Å². The maximum absolute atomic E-state index is 12.6. The summed E-state index contributed by atoms with van der Waals surface area (Å²) in [7, 11) is 0. The van der Waals surface area contributed by atoms with Gasteiger partial charge in [0.15, 0.2) is 11.5 Å². The molecule has 22 heavy (non-hydrogen) atoms. The van der Waals surface area contributed by atoms with Crippen molar-refractivity contribution in [1.29, 1.82) is 0 Å². The van der Waals surface area contributed by atoms with Crippen LogP contribution in [0.1, 0.15) is 16.8 Å². The van der Waals surface area contributed by atoms with Crippen molar-refractivity contribution in [1.82, 2.24) is 9.80 Å². The molecule has 0 spiro atoms. The summed E-state index contributed by atoms with van der Waals surface area (Å²) in [6, 6.07) is 5.40. The van der Waals surface area contributed by atoms with Crippen molar-refractivity contribution in [2.24, 2.45) is 0 Å². The number of aliphatic hydroxyl groups excluding tert-OH is 1. The molecule has 0 aliphatic carbocycles. The molecule has 120 valence electrons. The van der Waals surface area contributed by atoms with Gasteiger partial charge in [-0.1, -0.05) is 0 Å². The van der Waals surface area contributed by atoms with Crippen LogP contribution >= 0.6 is 0 Å². The van der Waals surface area contributed by atoms with Crippen LogP contribution in [0.15, 0.2) is 18.2 Å². The maximum atomic E-state index is 12.6. The molecule has 1 aromatic rings. The van der Waals surface area contributed by atoms with E-state index in [1.165, 1.54) is 0 Å². The minimum absolute atomic E-state index is 0.0271. The highest BCUT2D eigenvalue weighted by Crippen LogP contribution is 2.30. The Morgan fingerprint density at radius 3 is 2.55 bits per heavy atom. The average Bonchev–Trinajstić information content (AvgIpc) is 2.80. The van der Waals surface area contributed by atoms with Crippen molar-refractivity contribution < 1.29 is 19.4 Å². The van der Waals surface area contributed by atoms with Gasteiger partial charge in [-0.05, 0) is 18.2 Å². The van der Waals surface area contributed by atoms with E-state index in [1.807, 2.05) is 11.0 Å². The zero-order valence-electron chi connectivity index (χ0n) is 12.7. The van der Waals surface area contributed by atoms with Gasteiger partial charge < -0.3 is 19.5 Å². The highest BCUT2D eigenvalue weighted by atomic mass is 16.5. The highest BCUT2D eigenvalue weighted by Gasteiger charge is 2.23. The molecule has 0 unspecified atom stereocenters. The van der Waals surface area contributed by atoms with E-state index in [1.54, 1.807) is 12.1 Å². The number of piperazine rings is 1. The predicted molar refractivity (Wildman–Crippen MR) is 81.5 cm³/mol. The molecule has 1 amide bonds. The van der Waals surface area contributed by atoms with Crippen LogP contribution in [0.4, 0.5) is 0 Å². The molecule has 6 nitrogen and oxygen atoms in total. The zero-order valence-corrected chi connectivity index (χ0v) is 12.7. The monoisotopic (exact) mass is 306 g/mol. The normalized spacial score (nSPS) is 18.9. The first kappa shape index (κ1) is 15.1. The molecule has 0 radical (unpaired) electrons. The van der Waals surface area contributed by atoms with Crippen LogP contribution in [0.3, 0.4) is 0 Å². The summed E-state index contributed by atoms with van der Waals surface area (Å²) in [6.45, 7) is 5.08. The molecule has 0 atom stereocenters. The number of nitrogens with zero attached hydrogens (tertiary/aromatic N) is 2. The van der Waals surface area contributed by atoms with Crippen molar-refractivity contribution in [2.45, 2.75) is 6.42 Å². The fourth-order valence-corrected chi connectivity index (χ4v) is 2.79. The number of benzene rings is 1. The minimum atomic E-state index is 0.0271. The lowest BCUT2D eigenvalue weighted by atomic mass is 10.1. The van der Waals surface area contributed by atoms with E-state index in [2.05, 4.69) is 4.90 Å². The number of fused-ring (bicyclic) bond motifs is 1. The van der Waals surface area contributed by atoms with Gasteiger partial charge in [0, 0.05) is 44.7 Å². The highest BCUT2D eigenvalue weighted by molar-refractivity contribution is 5.95. The fourth-order valence-electron chi connectivity index (χ4n) is 2.79. The Balaban J connectivity index is 1.66. The van der Waals surface area contributed by atoms with E-state index in [4.69, 9.17) is 14.6 Å². The van der Waals surface area contributed by atoms with Crippen LogP contribution in [0, 0.1) is 0 Å². The maximum Gasteiger partial charge on any atom is 0.254 e. The van der Waals surface area contributed by atoms with Gasteiger partial charge in [0.1, 0.15) is 0 Å². The van der Waals surface area contributed by atoms with Gasteiger partial charge in [-0.2, -0.15) is 0 Å². The van der Waals surface area contributed by atoms with Crippen molar-refractivity contribution in [2.75, 3.05) is 52.5 Å². The van der Waals surface area contributed by atoms with Crippen LogP contribution in [0.25, 0.3) is 0 Å². The van der Waals surface area contributed by atoms with Gasteiger partial charge in [0.2, 0.25) is 0 Å². The number of amides is 1. The number of ether oxygens (including phenoxy) is 2. The average molecular weight is 306 g/mol. The molecule has 2 aliphatic rings. The van der Waals surface area contributed by atoms with E-state index >= 15 is 0 Å². The number of carbonyl (C=O) groups is 1. The summed E-state index contributed by atoms with van der Waals surface area (Å²) >= 11 is 0. The number of hydrogen-bond donors (Lipinski definition) is 1. The Morgan fingerprint density at radius 2 is 1.82 bits per heavy atom. The van der Waals surface area contributed by atoms with E-state index < -0.39 is 0 Å². The lowest BCUT2D eigenvalue weighted by Gasteiger charge is -2.34. The third-order valence-electron chi connectivity index (χ3n) is 4.07. The van der Waals surface area contributed by atoms with Crippen LogP contribution in [-0.2, 0) is 0 Å². The minimum Gasteiger partial charge on any atom is -0.490 e. The number of β-amino-alcohol motifs (C(OH)–C–C–N with tert-alkyl or cyclic N) is 1. The molecule has 0 saturated carbocycles. The summed E-state index contributed by atoms with van der Waals surface area (Å²) in [4.78, 5) is 16.6. The van der Waals surface area contributed by atoms with Crippen LogP contribution in [0.5, 0.6) is 11.5 Å². The SMILES string of the molecule is O=C(c1ccc2c(c1)OCCCO2)N1CCN(CCO)CC1. The molecular formula is C16H22N2O4. The van der Waals surface area contributed by atoms with Crippen LogP contribution in [-0.4, -0.2) is 73.4 Å². The van der Waals surface area contributed by atoms with Crippen LogP contribution in [0.2, 0.25) is 0 Å². The van der Waals surface area contributed by atoms with Gasteiger partial charge in [-0.25, -0.2) is 0 Å². The second-order valence-electron chi connectivity index (χ2n) is 5.57. The Hall–Kier alpha value is -1.79. The predicted octanol–water partition coefficient (Wildman–Crippen LogP) is 0.598. The second-order valence-corrected chi connectivity index (χ2v) is 5.57. The number of aliphatic hydroxyl groups is 1. The zero-order chi connectivity index (χ0) is 15.4. The summed E-state index contributed by atoms with van der Waals surface area (Å²) in [6.07, 6.45) is 0.852. The lowest BCUT2D eigenvalue weighted by molar-refractivity contribution is 0.0614. The van der Waals surface area contributed by atoms with Crippen molar-refractivity contribution in [3.8, 4) is 11.5 Å². The second kappa shape index (κ2) is 6.98. The largest absolute Gasteiger partial charge is 0.490 e. The van der Waals surface area contributed by atoms with Gasteiger partial charge in [0.05, 0.1) is 19.8 Å².